The molecule has 0 aliphatic carbocycles. The smallest absolute Gasteiger partial charge is 0.267 e. The minimum absolute atomic E-state index is 0.00991. The molecule has 110 valence electrons. The third-order valence-corrected chi connectivity index (χ3v) is 3.30. The summed E-state index contributed by atoms with van der Waals surface area (Å²) in [5.41, 5.74) is 2.91. The molecule has 0 radical (unpaired) electrons. The molecule has 5 nitrogen and oxygen atoms in total. The van der Waals surface area contributed by atoms with Gasteiger partial charge in [-0.25, -0.2) is 4.68 Å². The lowest BCUT2D eigenvalue weighted by Gasteiger charge is -2.11. The Labute approximate surface area is 128 Å². The van der Waals surface area contributed by atoms with Crippen molar-refractivity contribution >= 4 is 0 Å². The maximum atomic E-state index is 11.9. The van der Waals surface area contributed by atoms with Gasteiger partial charge >= 0.3 is 0 Å². The van der Waals surface area contributed by atoms with Crippen LogP contribution in [-0.4, -0.2) is 19.7 Å². The summed E-state index contributed by atoms with van der Waals surface area (Å²) in [5.74, 6) is 0. The lowest BCUT2D eigenvalue weighted by Crippen LogP contribution is -2.24. The van der Waals surface area contributed by atoms with E-state index < -0.39 is 0 Å². The second-order valence-electron chi connectivity index (χ2n) is 5.21. The number of aromatic nitrogens is 4. The van der Waals surface area contributed by atoms with Crippen molar-refractivity contribution in [1.29, 1.82) is 0 Å². The molecule has 0 bridgehead atoms. The van der Waals surface area contributed by atoms with E-state index in [1.165, 1.54) is 10.7 Å². The van der Waals surface area contributed by atoms with Gasteiger partial charge in [0.15, 0.2) is 0 Å². The summed E-state index contributed by atoms with van der Waals surface area (Å²) < 4.78 is 1.46. The van der Waals surface area contributed by atoms with E-state index in [1.54, 1.807) is 18.5 Å². The first-order valence-corrected chi connectivity index (χ1v) is 7.13. The molecule has 0 saturated heterocycles. The minimum Gasteiger partial charge on any atom is -0.268 e. The van der Waals surface area contributed by atoms with Gasteiger partial charge < -0.3 is 0 Å². The Hall–Kier alpha value is -2.82. The van der Waals surface area contributed by atoms with Crippen LogP contribution in [0.1, 0.15) is 19.9 Å². The highest BCUT2D eigenvalue weighted by molar-refractivity contribution is 5.75. The highest BCUT2D eigenvalue weighted by Gasteiger charge is 2.13. The van der Waals surface area contributed by atoms with Crippen LogP contribution in [0.4, 0.5) is 0 Å². The predicted molar refractivity (Wildman–Crippen MR) is 85.3 cm³/mol. The molecular formula is C17H16N4O. The van der Waals surface area contributed by atoms with Crippen LogP contribution >= 0.6 is 0 Å². The number of hydrogen-bond donors (Lipinski definition) is 0. The molecule has 5 heteroatoms. The first-order valence-electron chi connectivity index (χ1n) is 7.13. The maximum Gasteiger partial charge on any atom is 0.267 e. The van der Waals surface area contributed by atoms with Gasteiger partial charge in [-0.05, 0) is 19.9 Å². The van der Waals surface area contributed by atoms with E-state index >= 15 is 0 Å². The average Bonchev–Trinajstić information content (AvgIpc) is 2.56. The van der Waals surface area contributed by atoms with Gasteiger partial charge in [-0.2, -0.15) is 5.10 Å². The van der Waals surface area contributed by atoms with Gasteiger partial charge in [0.05, 0.1) is 11.7 Å². The molecule has 2 aromatic heterocycles. The standard InChI is InChI=1S/C17H16N4O/c1-12(2)21-15(22)9-8-14(20-21)17-16(18-10-11-19-17)13-6-4-3-5-7-13/h3-12H,1-2H3. The van der Waals surface area contributed by atoms with E-state index in [-0.39, 0.29) is 11.6 Å². The molecule has 2 heterocycles. The molecule has 0 saturated carbocycles. The topological polar surface area (TPSA) is 60.7 Å². The summed E-state index contributed by atoms with van der Waals surface area (Å²) in [7, 11) is 0. The van der Waals surface area contributed by atoms with Crippen LogP contribution in [0.5, 0.6) is 0 Å². The third-order valence-electron chi connectivity index (χ3n) is 3.30. The molecule has 22 heavy (non-hydrogen) atoms. The van der Waals surface area contributed by atoms with Crippen molar-refractivity contribution in [2.75, 3.05) is 0 Å². The van der Waals surface area contributed by atoms with Gasteiger partial charge in [0.1, 0.15) is 11.4 Å². The Balaban J connectivity index is 2.18. The number of nitrogens with zero attached hydrogens (tertiary/aromatic N) is 4. The fraction of sp³-hybridized carbons (Fsp3) is 0.176. The summed E-state index contributed by atoms with van der Waals surface area (Å²) >= 11 is 0. The fourth-order valence-corrected chi connectivity index (χ4v) is 2.25. The van der Waals surface area contributed by atoms with Gasteiger partial charge in [-0.3, -0.25) is 14.8 Å². The molecule has 3 rings (SSSR count). The normalized spacial score (nSPS) is 10.9. The van der Waals surface area contributed by atoms with E-state index in [0.717, 1.165) is 11.3 Å². The van der Waals surface area contributed by atoms with Crippen molar-refractivity contribution < 1.29 is 0 Å². The van der Waals surface area contributed by atoms with Crippen LogP contribution in [0.2, 0.25) is 0 Å². The molecule has 0 aliphatic heterocycles. The largest absolute Gasteiger partial charge is 0.268 e. The maximum absolute atomic E-state index is 11.9. The van der Waals surface area contributed by atoms with Gasteiger partial charge in [-0.1, -0.05) is 30.3 Å². The molecule has 0 amide bonds. The van der Waals surface area contributed by atoms with Gasteiger partial charge in [0.25, 0.3) is 5.56 Å². The first kappa shape index (κ1) is 14.1. The molecule has 0 aliphatic rings. The number of rotatable bonds is 3. The fourth-order valence-electron chi connectivity index (χ4n) is 2.25. The molecule has 0 unspecified atom stereocenters. The third kappa shape index (κ3) is 2.65. The van der Waals surface area contributed by atoms with Crippen LogP contribution in [0, 0.1) is 0 Å². The van der Waals surface area contributed by atoms with Crippen LogP contribution in [0.3, 0.4) is 0 Å². The molecule has 0 N–H and O–H groups in total. The van der Waals surface area contributed by atoms with Crippen LogP contribution in [0.15, 0.2) is 59.7 Å². The average molecular weight is 292 g/mol. The Kier molecular flexibility index (Phi) is 3.78. The van der Waals surface area contributed by atoms with E-state index in [1.807, 2.05) is 44.2 Å². The molecule has 1 aromatic carbocycles. The van der Waals surface area contributed by atoms with Crippen molar-refractivity contribution in [3.8, 4) is 22.6 Å². The lowest BCUT2D eigenvalue weighted by molar-refractivity contribution is 0.504. The number of hydrogen-bond acceptors (Lipinski definition) is 4. The summed E-state index contributed by atoms with van der Waals surface area (Å²) in [6.45, 7) is 3.85. The Morgan fingerprint density at radius 2 is 1.59 bits per heavy atom. The summed E-state index contributed by atoms with van der Waals surface area (Å²) in [6.07, 6.45) is 3.29. The predicted octanol–water partition coefficient (Wildman–Crippen LogP) is 2.95. The van der Waals surface area contributed by atoms with E-state index in [4.69, 9.17) is 0 Å². The van der Waals surface area contributed by atoms with Crippen LogP contribution in [-0.2, 0) is 0 Å². The summed E-state index contributed by atoms with van der Waals surface area (Å²) in [5, 5.41) is 4.43. The van der Waals surface area contributed by atoms with Gasteiger partial charge in [0.2, 0.25) is 0 Å². The zero-order valence-electron chi connectivity index (χ0n) is 12.5. The highest BCUT2D eigenvalue weighted by atomic mass is 16.1. The van der Waals surface area contributed by atoms with Crippen molar-refractivity contribution in [2.24, 2.45) is 0 Å². The Bertz CT molecular complexity index is 841. The van der Waals surface area contributed by atoms with Crippen LogP contribution < -0.4 is 5.56 Å². The Morgan fingerprint density at radius 1 is 0.909 bits per heavy atom. The molecule has 0 spiro atoms. The zero-order chi connectivity index (χ0) is 15.5. The minimum atomic E-state index is -0.121. The second kappa shape index (κ2) is 5.89. The second-order valence-corrected chi connectivity index (χ2v) is 5.21. The van der Waals surface area contributed by atoms with Crippen LogP contribution in [0.25, 0.3) is 22.6 Å². The molecule has 0 fully saturated rings. The zero-order valence-corrected chi connectivity index (χ0v) is 12.5. The van der Waals surface area contributed by atoms with Crippen molar-refractivity contribution in [2.45, 2.75) is 19.9 Å². The molecule has 0 atom stereocenters. The van der Waals surface area contributed by atoms with Gasteiger partial charge in [-0.15, -0.1) is 0 Å². The summed E-state index contributed by atoms with van der Waals surface area (Å²) in [4.78, 5) is 20.7. The summed E-state index contributed by atoms with van der Waals surface area (Å²) in [6, 6.07) is 13.0. The Morgan fingerprint density at radius 3 is 2.27 bits per heavy atom. The van der Waals surface area contributed by atoms with Crippen molar-refractivity contribution in [3.63, 3.8) is 0 Å². The molecular weight excluding hydrogens is 276 g/mol. The SMILES string of the molecule is CC(C)n1nc(-c2nccnc2-c2ccccc2)ccc1=O. The van der Waals surface area contributed by atoms with E-state index in [9.17, 15) is 4.79 Å². The van der Waals surface area contributed by atoms with E-state index in [0.29, 0.717) is 11.4 Å². The van der Waals surface area contributed by atoms with Gasteiger partial charge in [0, 0.05) is 24.0 Å². The first-order chi connectivity index (χ1) is 10.7. The monoisotopic (exact) mass is 292 g/mol. The quantitative estimate of drug-likeness (QED) is 0.744. The van der Waals surface area contributed by atoms with Crippen molar-refractivity contribution in [3.05, 3.63) is 65.2 Å². The number of benzene rings is 1. The highest BCUT2D eigenvalue weighted by Crippen LogP contribution is 2.26. The van der Waals surface area contributed by atoms with Crippen molar-refractivity contribution in [1.82, 2.24) is 19.7 Å². The lowest BCUT2D eigenvalue weighted by atomic mass is 10.1. The molecule has 3 aromatic rings. The van der Waals surface area contributed by atoms with E-state index in [2.05, 4.69) is 15.1 Å².